The molecule has 0 amide bonds. The van der Waals surface area contributed by atoms with Gasteiger partial charge in [-0.3, -0.25) is 0 Å². The number of thiophene rings is 1. The molecule has 0 fully saturated rings. The van der Waals surface area contributed by atoms with Crippen LogP contribution in [-0.4, -0.2) is 43.9 Å². The summed E-state index contributed by atoms with van der Waals surface area (Å²) in [6.45, 7) is 1.41. The first-order valence-corrected chi connectivity index (χ1v) is 7.03. The van der Waals surface area contributed by atoms with E-state index >= 15 is 0 Å². The maximum absolute atomic E-state index is 14.2. The van der Waals surface area contributed by atoms with Crippen LogP contribution in [0.4, 0.5) is 4.39 Å². The zero-order valence-corrected chi connectivity index (χ0v) is 11.9. The minimum atomic E-state index is -0.925. The van der Waals surface area contributed by atoms with Crippen LogP contribution in [0, 0.1) is 5.82 Å². The highest BCUT2D eigenvalue weighted by Crippen LogP contribution is 2.28. The molecular formula is C14H18FNO2S. The van der Waals surface area contributed by atoms with Crippen molar-refractivity contribution in [2.75, 3.05) is 33.9 Å². The second kappa shape index (κ2) is 6.43. The molecule has 1 aromatic heterocycles. The summed E-state index contributed by atoms with van der Waals surface area (Å²) in [5.41, 5.74) is 0.302. The van der Waals surface area contributed by atoms with E-state index in [1.165, 1.54) is 11.3 Å². The summed E-state index contributed by atoms with van der Waals surface area (Å²) in [7, 11) is 3.90. The van der Waals surface area contributed by atoms with Crippen LogP contribution < -0.4 is 0 Å². The van der Waals surface area contributed by atoms with E-state index in [1.807, 2.05) is 30.4 Å². The Hall–Kier alpha value is -1.01. The summed E-state index contributed by atoms with van der Waals surface area (Å²) in [5, 5.41) is 12.4. The Morgan fingerprint density at radius 2 is 2.16 bits per heavy atom. The molecular weight excluding hydrogens is 265 g/mol. The van der Waals surface area contributed by atoms with Crippen molar-refractivity contribution in [3.05, 3.63) is 35.0 Å². The number of hydrogen-bond acceptors (Lipinski definition) is 4. The minimum absolute atomic E-state index is 0.112. The van der Waals surface area contributed by atoms with Gasteiger partial charge < -0.3 is 14.7 Å². The molecule has 0 aliphatic carbocycles. The number of ether oxygens (including phenoxy) is 1. The van der Waals surface area contributed by atoms with Crippen molar-refractivity contribution in [1.82, 2.24) is 4.90 Å². The highest BCUT2D eigenvalue weighted by molar-refractivity contribution is 7.17. The number of aliphatic hydroxyl groups is 1. The minimum Gasteiger partial charge on any atom is -0.386 e. The van der Waals surface area contributed by atoms with Gasteiger partial charge in [0, 0.05) is 22.2 Å². The van der Waals surface area contributed by atoms with E-state index in [1.54, 1.807) is 12.1 Å². The number of benzene rings is 1. The Morgan fingerprint density at radius 1 is 1.37 bits per heavy atom. The van der Waals surface area contributed by atoms with Crippen molar-refractivity contribution in [3.63, 3.8) is 0 Å². The van der Waals surface area contributed by atoms with Crippen LogP contribution in [0.2, 0.25) is 0 Å². The molecule has 104 valence electrons. The molecule has 19 heavy (non-hydrogen) atoms. The van der Waals surface area contributed by atoms with Gasteiger partial charge in [-0.25, -0.2) is 4.39 Å². The van der Waals surface area contributed by atoms with Crippen molar-refractivity contribution in [3.8, 4) is 0 Å². The molecule has 2 aromatic rings. The molecule has 2 rings (SSSR count). The number of fused-ring (bicyclic) bond motifs is 1. The maximum Gasteiger partial charge on any atom is 0.137 e. The molecule has 0 spiro atoms. The lowest BCUT2D eigenvalue weighted by Gasteiger charge is -2.14. The maximum atomic E-state index is 14.2. The van der Waals surface area contributed by atoms with Crippen LogP contribution in [0.3, 0.4) is 0 Å². The fourth-order valence-electron chi connectivity index (χ4n) is 1.81. The number of rotatable bonds is 6. The second-order valence-electron chi connectivity index (χ2n) is 4.70. The Balaban J connectivity index is 2.00. The molecule has 5 heteroatoms. The third kappa shape index (κ3) is 3.51. The highest BCUT2D eigenvalue weighted by atomic mass is 32.1. The second-order valence-corrected chi connectivity index (χ2v) is 5.64. The standard InChI is InChI=1S/C14H18FNO2S/c1-16(2)6-7-18-9-12(17)10-3-4-13-11(14(10)15)5-8-19-13/h3-5,8,12,17H,6-7,9H2,1-2H3. The predicted octanol–water partition coefficient (Wildman–Crippen LogP) is 2.65. The van der Waals surface area contributed by atoms with Crippen LogP contribution in [0.5, 0.6) is 0 Å². The van der Waals surface area contributed by atoms with Gasteiger partial charge in [-0.1, -0.05) is 6.07 Å². The average molecular weight is 283 g/mol. The van der Waals surface area contributed by atoms with Gasteiger partial charge in [-0.2, -0.15) is 0 Å². The van der Waals surface area contributed by atoms with Gasteiger partial charge in [-0.15, -0.1) is 11.3 Å². The first-order valence-electron chi connectivity index (χ1n) is 6.15. The van der Waals surface area contributed by atoms with Crippen molar-refractivity contribution in [2.45, 2.75) is 6.10 Å². The van der Waals surface area contributed by atoms with Crippen LogP contribution >= 0.6 is 11.3 Å². The van der Waals surface area contributed by atoms with Crippen molar-refractivity contribution >= 4 is 21.4 Å². The molecule has 0 bridgehead atoms. The first-order chi connectivity index (χ1) is 9.09. The van der Waals surface area contributed by atoms with Gasteiger partial charge in [0.25, 0.3) is 0 Å². The lowest BCUT2D eigenvalue weighted by molar-refractivity contribution is 0.0291. The molecule has 1 unspecified atom stereocenters. The van der Waals surface area contributed by atoms with E-state index < -0.39 is 6.10 Å². The summed E-state index contributed by atoms with van der Waals surface area (Å²) in [5.74, 6) is -0.345. The Kier molecular flexibility index (Phi) is 4.87. The molecule has 3 nitrogen and oxygen atoms in total. The largest absolute Gasteiger partial charge is 0.386 e. The number of halogens is 1. The highest BCUT2D eigenvalue weighted by Gasteiger charge is 2.15. The number of hydrogen-bond donors (Lipinski definition) is 1. The number of likely N-dealkylation sites (N-methyl/N-ethyl adjacent to an activating group) is 1. The van der Waals surface area contributed by atoms with Crippen LogP contribution in [0.1, 0.15) is 11.7 Å². The molecule has 0 radical (unpaired) electrons. The number of aliphatic hydroxyl groups excluding tert-OH is 1. The smallest absolute Gasteiger partial charge is 0.137 e. The molecule has 0 aliphatic rings. The van der Waals surface area contributed by atoms with Crippen LogP contribution in [-0.2, 0) is 4.74 Å². The summed E-state index contributed by atoms with van der Waals surface area (Å²) in [6, 6.07) is 5.20. The quantitative estimate of drug-likeness (QED) is 0.827. The van der Waals surface area contributed by atoms with E-state index in [0.29, 0.717) is 17.6 Å². The molecule has 1 atom stereocenters. The topological polar surface area (TPSA) is 32.7 Å². The molecule has 0 saturated heterocycles. The first kappa shape index (κ1) is 14.4. The van der Waals surface area contributed by atoms with Crippen molar-refractivity contribution < 1.29 is 14.2 Å². The van der Waals surface area contributed by atoms with Gasteiger partial charge in [0.05, 0.1) is 13.2 Å². The normalized spacial score (nSPS) is 13.3. The van der Waals surface area contributed by atoms with Crippen molar-refractivity contribution in [1.29, 1.82) is 0 Å². The Bertz CT molecular complexity index is 541. The lowest BCUT2D eigenvalue weighted by atomic mass is 10.1. The molecule has 1 N–H and O–H groups in total. The van der Waals surface area contributed by atoms with Crippen molar-refractivity contribution in [2.24, 2.45) is 0 Å². The Morgan fingerprint density at radius 3 is 2.89 bits per heavy atom. The van der Waals surface area contributed by atoms with E-state index in [9.17, 15) is 9.50 Å². The molecule has 0 aliphatic heterocycles. The zero-order chi connectivity index (χ0) is 13.8. The fourth-order valence-corrected chi connectivity index (χ4v) is 2.60. The van der Waals surface area contributed by atoms with E-state index in [2.05, 4.69) is 0 Å². The van der Waals surface area contributed by atoms with Gasteiger partial charge in [0.15, 0.2) is 0 Å². The van der Waals surface area contributed by atoms with Gasteiger partial charge in [0.2, 0.25) is 0 Å². The summed E-state index contributed by atoms with van der Waals surface area (Å²) < 4.78 is 20.4. The van der Waals surface area contributed by atoms with Gasteiger partial charge in [-0.05, 0) is 31.6 Å². The monoisotopic (exact) mass is 283 g/mol. The summed E-state index contributed by atoms with van der Waals surface area (Å²) >= 11 is 1.49. The molecule has 1 aromatic carbocycles. The SMILES string of the molecule is CN(C)CCOCC(O)c1ccc2sccc2c1F. The third-order valence-corrected chi connectivity index (χ3v) is 3.80. The van der Waals surface area contributed by atoms with E-state index in [4.69, 9.17) is 4.74 Å². The lowest BCUT2D eigenvalue weighted by Crippen LogP contribution is -2.20. The van der Waals surface area contributed by atoms with Gasteiger partial charge >= 0.3 is 0 Å². The average Bonchev–Trinajstić information content (AvgIpc) is 2.83. The molecule has 1 heterocycles. The number of nitrogens with zero attached hydrogens (tertiary/aromatic N) is 1. The predicted molar refractivity (Wildman–Crippen MR) is 76.1 cm³/mol. The van der Waals surface area contributed by atoms with Crippen LogP contribution in [0.25, 0.3) is 10.1 Å². The third-order valence-electron chi connectivity index (χ3n) is 2.92. The van der Waals surface area contributed by atoms with E-state index in [0.717, 1.165) is 11.2 Å². The molecule has 0 saturated carbocycles. The zero-order valence-electron chi connectivity index (χ0n) is 11.1. The van der Waals surface area contributed by atoms with Crippen LogP contribution in [0.15, 0.2) is 23.6 Å². The summed E-state index contributed by atoms with van der Waals surface area (Å²) in [6.07, 6.45) is -0.925. The fraction of sp³-hybridized carbons (Fsp3) is 0.429. The van der Waals surface area contributed by atoms with Gasteiger partial charge in [0.1, 0.15) is 11.9 Å². The Labute approximate surface area is 116 Å². The summed E-state index contributed by atoms with van der Waals surface area (Å²) in [4.78, 5) is 1.99. The van der Waals surface area contributed by atoms with E-state index in [-0.39, 0.29) is 12.4 Å².